The van der Waals surface area contributed by atoms with Crippen LogP contribution in [0.25, 0.3) is 10.9 Å². The molecule has 216 valence electrons. The minimum atomic E-state index is -4.04. The van der Waals surface area contributed by atoms with Crippen LogP contribution in [0.4, 0.5) is 17.1 Å². The fourth-order valence-electron chi connectivity index (χ4n) is 4.65. The van der Waals surface area contributed by atoms with Gasteiger partial charge in [-0.25, -0.2) is 8.42 Å². The van der Waals surface area contributed by atoms with E-state index in [0.29, 0.717) is 36.4 Å². The number of nitro benzene ring substituents is 2. The quantitative estimate of drug-likeness (QED) is 0.133. The molecule has 0 aliphatic carbocycles. The van der Waals surface area contributed by atoms with Crippen molar-refractivity contribution in [1.29, 1.82) is 0 Å². The van der Waals surface area contributed by atoms with Crippen molar-refractivity contribution in [3.63, 3.8) is 0 Å². The molecular weight excluding hydrogens is 580 g/mol. The first-order valence-corrected chi connectivity index (χ1v) is 15.4. The lowest BCUT2D eigenvalue weighted by Gasteiger charge is -2.21. The van der Waals surface area contributed by atoms with Crippen LogP contribution >= 0.6 is 11.8 Å². The number of nitrogens with zero attached hydrogens (tertiary/aromatic N) is 5. The Morgan fingerprint density at radius 1 is 0.905 bits per heavy atom. The van der Waals surface area contributed by atoms with Crippen LogP contribution in [0.1, 0.15) is 31.2 Å². The number of hydrogen-bond acceptors (Lipinski definition) is 10. The Bertz CT molecular complexity index is 1780. The topological polar surface area (TPSA) is 161 Å². The van der Waals surface area contributed by atoms with Gasteiger partial charge in [-0.15, -0.1) is 0 Å². The zero-order valence-electron chi connectivity index (χ0n) is 22.3. The van der Waals surface area contributed by atoms with Crippen LogP contribution < -0.4 is 5.43 Å². The summed E-state index contributed by atoms with van der Waals surface area (Å²) in [7, 11) is -4.04. The molecule has 0 radical (unpaired) electrons. The largest absolute Gasteiger partial charge is 0.283 e. The van der Waals surface area contributed by atoms with Crippen LogP contribution in [0.3, 0.4) is 0 Å². The van der Waals surface area contributed by atoms with Crippen LogP contribution in [-0.4, -0.2) is 46.9 Å². The number of nitrogens with one attached hydrogen (secondary N) is 1. The van der Waals surface area contributed by atoms with Gasteiger partial charge >= 0.3 is 0 Å². The van der Waals surface area contributed by atoms with Crippen LogP contribution in [-0.2, 0) is 10.0 Å². The summed E-state index contributed by atoms with van der Waals surface area (Å²) in [6, 6.07) is 17.5. The minimum absolute atomic E-state index is 0.0613. The van der Waals surface area contributed by atoms with Crippen LogP contribution in [0.5, 0.6) is 0 Å². The summed E-state index contributed by atoms with van der Waals surface area (Å²) in [5.41, 5.74) is 3.38. The third-order valence-corrected chi connectivity index (χ3v) is 9.81. The minimum Gasteiger partial charge on any atom is -0.277 e. The van der Waals surface area contributed by atoms with E-state index >= 15 is 0 Å². The number of benzene rings is 3. The van der Waals surface area contributed by atoms with Crippen molar-refractivity contribution in [2.75, 3.05) is 18.5 Å². The summed E-state index contributed by atoms with van der Waals surface area (Å²) in [5.74, 6) is 0. The van der Waals surface area contributed by atoms with Gasteiger partial charge in [-0.3, -0.25) is 30.6 Å². The molecule has 1 fully saturated rings. The van der Waals surface area contributed by atoms with Crippen molar-refractivity contribution in [1.82, 2.24) is 9.29 Å². The van der Waals surface area contributed by atoms with Crippen molar-refractivity contribution in [3.05, 3.63) is 98.7 Å². The van der Waals surface area contributed by atoms with Crippen molar-refractivity contribution in [3.8, 4) is 0 Å². The van der Waals surface area contributed by atoms with E-state index in [0.717, 1.165) is 34.7 Å². The number of aromatic nitrogens is 1. The van der Waals surface area contributed by atoms with Crippen molar-refractivity contribution >= 4 is 56.0 Å². The number of anilines is 1. The molecule has 4 aromatic rings. The molecular formula is C28H26N6O6S2. The molecule has 1 N–H and O–H groups in total. The Balaban J connectivity index is 1.41. The van der Waals surface area contributed by atoms with E-state index in [2.05, 4.69) is 15.5 Å². The van der Waals surface area contributed by atoms with Crippen LogP contribution in [0.15, 0.2) is 92.7 Å². The standard InChI is InChI=1S/C28H26N6O6S2/c35-33(36)22-11-12-23(27(18-22)42(39,40)32-15-3-1-2-4-16-32)31-30-19-20-10-13-25(24(17-20)34(37)38)41-26-9-5-7-21-8-6-14-29-28(21)26/h5-14,17-19,31H,1-4,15-16H2/b30-19-. The third kappa shape index (κ3) is 6.40. The highest BCUT2D eigenvalue weighted by Crippen LogP contribution is 2.38. The molecule has 0 atom stereocenters. The molecule has 1 aliphatic rings. The van der Waals surface area contributed by atoms with Crippen LogP contribution in [0, 0.1) is 20.2 Å². The van der Waals surface area contributed by atoms with Gasteiger partial charge in [0.05, 0.1) is 32.2 Å². The fraction of sp³-hybridized carbons (Fsp3) is 0.214. The van der Waals surface area contributed by atoms with Gasteiger partial charge in [0.25, 0.3) is 11.4 Å². The van der Waals surface area contributed by atoms with Gasteiger partial charge in [-0.05, 0) is 37.1 Å². The first-order valence-electron chi connectivity index (χ1n) is 13.1. The maximum absolute atomic E-state index is 13.5. The first kappa shape index (κ1) is 29.1. The second-order valence-corrected chi connectivity index (χ2v) is 12.5. The molecule has 1 aliphatic heterocycles. The second kappa shape index (κ2) is 12.6. The maximum atomic E-state index is 13.5. The van der Waals surface area contributed by atoms with E-state index in [1.807, 2.05) is 30.3 Å². The van der Waals surface area contributed by atoms with E-state index in [9.17, 15) is 28.6 Å². The number of rotatable bonds is 9. The summed E-state index contributed by atoms with van der Waals surface area (Å²) < 4.78 is 28.3. The first-order chi connectivity index (χ1) is 20.2. The average Bonchev–Trinajstić information content (AvgIpc) is 3.28. The van der Waals surface area contributed by atoms with Crippen molar-refractivity contribution in [2.45, 2.75) is 40.4 Å². The summed E-state index contributed by atoms with van der Waals surface area (Å²) in [4.78, 5) is 27.6. The lowest BCUT2D eigenvalue weighted by molar-refractivity contribution is -0.387. The number of non-ortho nitro benzene ring substituents is 1. The normalized spacial score (nSPS) is 14.6. The molecule has 0 amide bonds. The monoisotopic (exact) mass is 606 g/mol. The zero-order chi connectivity index (χ0) is 29.7. The van der Waals surface area contributed by atoms with E-state index in [4.69, 9.17) is 0 Å². The van der Waals surface area contributed by atoms with E-state index in [-0.39, 0.29) is 22.0 Å². The van der Waals surface area contributed by atoms with E-state index in [1.54, 1.807) is 18.3 Å². The summed E-state index contributed by atoms with van der Waals surface area (Å²) >= 11 is 1.23. The van der Waals surface area contributed by atoms with Gasteiger partial charge in [0.2, 0.25) is 10.0 Å². The summed E-state index contributed by atoms with van der Waals surface area (Å²) in [6.45, 7) is 0.660. The Morgan fingerprint density at radius 2 is 1.67 bits per heavy atom. The molecule has 1 saturated heterocycles. The average molecular weight is 607 g/mol. The smallest absolute Gasteiger partial charge is 0.277 e. The maximum Gasteiger partial charge on any atom is 0.283 e. The number of sulfonamides is 1. The van der Waals surface area contributed by atoms with Crippen molar-refractivity contribution in [2.24, 2.45) is 5.10 Å². The highest BCUT2D eigenvalue weighted by Gasteiger charge is 2.29. The molecule has 0 spiro atoms. The Kier molecular flexibility index (Phi) is 8.75. The van der Waals surface area contributed by atoms with Gasteiger partial charge in [0.15, 0.2) is 0 Å². The zero-order valence-corrected chi connectivity index (χ0v) is 23.9. The number of fused-ring (bicyclic) bond motifs is 1. The lowest BCUT2D eigenvalue weighted by atomic mass is 10.2. The number of para-hydroxylation sites is 1. The van der Waals surface area contributed by atoms with Gasteiger partial charge in [-0.2, -0.15) is 9.41 Å². The predicted molar refractivity (Wildman–Crippen MR) is 161 cm³/mol. The molecule has 0 saturated carbocycles. The predicted octanol–water partition coefficient (Wildman–Crippen LogP) is 6.21. The molecule has 12 nitrogen and oxygen atoms in total. The molecule has 42 heavy (non-hydrogen) atoms. The van der Waals surface area contributed by atoms with E-state index < -0.39 is 19.9 Å². The summed E-state index contributed by atoms with van der Waals surface area (Å²) in [6.07, 6.45) is 6.24. The Hall–Kier alpha value is -4.40. The SMILES string of the molecule is O=[N+]([O-])c1ccc(N/N=C\c2ccc(Sc3cccc4cccnc34)c([N+](=O)[O-])c2)c(S(=O)(=O)N2CCCCCC2)c1. The fourth-order valence-corrected chi connectivity index (χ4v) is 7.35. The van der Waals surface area contributed by atoms with Gasteiger partial charge in [0.1, 0.15) is 4.90 Å². The van der Waals surface area contributed by atoms with Gasteiger partial charge in [-0.1, -0.05) is 48.9 Å². The Labute approximate surface area is 245 Å². The molecule has 14 heteroatoms. The summed E-state index contributed by atoms with van der Waals surface area (Å²) in [5, 5.41) is 28.4. The van der Waals surface area contributed by atoms with E-state index in [1.165, 1.54) is 40.5 Å². The number of nitro groups is 2. The highest BCUT2D eigenvalue weighted by atomic mass is 32.2. The Morgan fingerprint density at radius 3 is 2.40 bits per heavy atom. The second-order valence-electron chi connectivity index (χ2n) is 9.54. The molecule has 0 bridgehead atoms. The molecule has 0 unspecified atom stereocenters. The number of pyridine rings is 1. The highest BCUT2D eigenvalue weighted by molar-refractivity contribution is 7.99. The number of hydrazone groups is 1. The van der Waals surface area contributed by atoms with Gasteiger partial charge in [0, 0.05) is 53.3 Å². The lowest BCUT2D eigenvalue weighted by Crippen LogP contribution is -2.32. The molecule has 2 heterocycles. The van der Waals surface area contributed by atoms with Crippen LogP contribution in [0.2, 0.25) is 0 Å². The van der Waals surface area contributed by atoms with Gasteiger partial charge < -0.3 is 0 Å². The molecule has 5 rings (SSSR count). The third-order valence-electron chi connectivity index (χ3n) is 6.75. The molecule has 3 aromatic carbocycles. The molecule has 1 aromatic heterocycles. The number of hydrogen-bond donors (Lipinski definition) is 1. The van der Waals surface area contributed by atoms with Crippen molar-refractivity contribution < 1.29 is 18.3 Å².